The first-order valence-electron chi connectivity index (χ1n) is 6.07. The van der Waals surface area contributed by atoms with Gasteiger partial charge in [-0.2, -0.15) is 5.26 Å². The van der Waals surface area contributed by atoms with Crippen molar-refractivity contribution in [3.8, 4) is 6.07 Å². The monoisotopic (exact) mass is 261 g/mol. The standard InChI is InChI=1S/C14H15NO4/c1-9-2-4-10(5-3-9)14(17)19-12-6-11(7-15)18-13(12)8-16/h2-5,11-13,16H,6,8H2,1H3/t11-,12+,13-/m1/s1. The third-order valence-corrected chi connectivity index (χ3v) is 3.07. The molecular formula is C14H15NO4. The maximum Gasteiger partial charge on any atom is 0.338 e. The number of hydrogen-bond donors (Lipinski definition) is 1. The Kier molecular flexibility index (Phi) is 4.15. The highest BCUT2D eigenvalue weighted by atomic mass is 16.6. The fourth-order valence-electron chi connectivity index (χ4n) is 1.98. The molecule has 100 valence electrons. The molecule has 2 rings (SSSR count). The van der Waals surface area contributed by atoms with Gasteiger partial charge in [-0.25, -0.2) is 4.79 Å². The van der Waals surface area contributed by atoms with Crippen LogP contribution in [-0.4, -0.2) is 36.0 Å². The molecule has 1 aromatic rings. The molecule has 5 nitrogen and oxygen atoms in total. The number of benzene rings is 1. The van der Waals surface area contributed by atoms with Crippen molar-refractivity contribution >= 4 is 5.97 Å². The number of aryl methyl sites for hydroxylation is 1. The van der Waals surface area contributed by atoms with E-state index in [1.165, 1.54) is 0 Å². The van der Waals surface area contributed by atoms with Crippen LogP contribution in [0, 0.1) is 18.3 Å². The molecule has 1 aliphatic rings. The Balaban J connectivity index is 2.02. The van der Waals surface area contributed by atoms with E-state index >= 15 is 0 Å². The first-order valence-corrected chi connectivity index (χ1v) is 6.07. The van der Waals surface area contributed by atoms with Crippen LogP contribution in [0.2, 0.25) is 0 Å². The highest BCUT2D eigenvalue weighted by Crippen LogP contribution is 2.23. The minimum atomic E-state index is -0.632. The lowest BCUT2D eigenvalue weighted by atomic mass is 10.1. The average molecular weight is 261 g/mol. The van der Waals surface area contributed by atoms with Crippen molar-refractivity contribution < 1.29 is 19.4 Å². The fraction of sp³-hybridized carbons (Fsp3) is 0.429. The molecule has 1 heterocycles. The van der Waals surface area contributed by atoms with E-state index in [-0.39, 0.29) is 6.61 Å². The molecule has 0 aliphatic carbocycles. The van der Waals surface area contributed by atoms with Gasteiger partial charge in [-0.15, -0.1) is 0 Å². The number of carbonyl (C=O) groups excluding carboxylic acids is 1. The zero-order valence-electron chi connectivity index (χ0n) is 10.6. The van der Waals surface area contributed by atoms with Crippen LogP contribution in [-0.2, 0) is 9.47 Å². The zero-order chi connectivity index (χ0) is 13.8. The van der Waals surface area contributed by atoms with Gasteiger partial charge >= 0.3 is 5.97 Å². The lowest BCUT2D eigenvalue weighted by molar-refractivity contribution is -0.0261. The van der Waals surface area contributed by atoms with E-state index in [0.29, 0.717) is 12.0 Å². The number of esters is 1. The van der Waals surface area contributed by atoms with Crippen molar-refractivity contribution in [2.24, 2.45) is 0 Å². The van der Waals surface area contributed by atoms with Gasteiger partial charge < -0.3 is 14.6 Å². The molecule has 1 saturated heterocycles. The number of aliphatic hydroxyl groups is 1. The number of carbonyl (C=O) groups is 1. The molecule has 3 atom stereocenters. The van der Waals surface area contributed by atoms with E-state index in [9.17, 15) is 4.79 Å². The summed E-state index contributed by atoms with van der Waals surface area (Å²) in [5, 5.41) is 17.9. The number of rotatable bonds is 3. The van der Waals surface area contributed by atoms with Crippen molar-refractivity contribution in [2.75, 3.05) is 6.61 Å². The highest BCUT2D eigenvalue weighted by Gasteiger charge is 2.37. The van der Waals surface area contributed by atoms with Crippen LogP contribution in [0.3, 0.4) is 0 Å². The van der Waals surface area contributed by atoms with Crippen LogP contribution < -0.4 is 0 Å². The average Bonchev–Trinajstić information content (AvgIpc) is 2.81. The number of nitriles is 1. The molecule has 5 heteroatoms. The van der Waals surface area contributed by atoms with Gasteiger partial charge in [0.25, 0.3) is 0 Å². The second kappa shape index (κ2) is 5.83. The molecule has 1 aliphatic heterocycles. The van der Waals surface area contributed by atoms with Gasteiger partial charge in [-0.1, -0.05) is 17.7 Å². The molecule has 1 fully saturated rings. The summed E-state index contributed by atoms with van der Waals surface area (Å²) in [7, 11) is 0. The van der Waals surface area contributed by atoms with E-state index < -0.39 is 24.3 Å². The van der Waals surface area contributed by atoms with Crippen molar-refractivity contribution in [2.45, 2.75) is 31.7 Å². The van der Waals surface area contributed by atoms with Gasteiger partial charge in [0, 0.05) is 6.42 Å². The maximum atomic E-state index is 11.9. The van der Waals surface area contributed by atoms with Crippen molar-refractivity contribution in [1.82, 2.24) is 0 Å². The maximum absolute atomic E-state index is 11.9. The molecule has 19 heavy (non-hydrogen) atoms. The Morgan fingerprint density at radius 2 is 2.21 bits per heavy atom. The summed E-state index contributed by atoms with van der Waals surface area (Å²) >= 11 is 0. The third kappa shape index (κ3) is 3.11. The summed E-state index contributed by atoms with van der Waals surface area (Å²) in [5.74, 6) is -0.467. The van der Waals surface area contributed by atoms with Gasteiger partial charge in [-0.05, 0) is 19.1 Å². The van der Waals surface area contributed by atoms with E-state index in [4.69, 9.17) is 19.8 Å². The Labute approximate surface area is 111 Å². The largest absolute Gasteiger partial charge is 0.456 e. The SMILES string of the molecule is Cc1ccc(C(=O)O[C@H]2C[C@H](C#N)O[C@@H]2CO)cc1. The molecule has 0 bridgehead atoms. The van der Waals surface area contributed by atoms with E-state index in [0.717, 1.165) is 5.56 Å². The molecule has 0 aromatic heterocycles. The van der Waals surface area contributed by atoms with Gasteiger partial charge in [-0.3, -0.25) is 0 Å². The van der Waals surface area contributed by atoms with Gasteiger partial charge in [0.05, 0.1) is 18.2 Å². The Hall–Kier alpha value is -1.90. The summed E-state index contributed by atoms with van der Waals surface area (Å²) in [6.07, 6.45) is -1.55. The van der Waals surface area contributed by atoms with Gasteiger partial charge in [0.1, 0.15) is 18.3 Å². The van der Waals surface area contributed by atoms with Crippen molar-refractivity contribution in [3.63, 3.8) is 0 Å². The number of hydrogen-bond acceptors (Lipinski definition) is 5. The minimum absolute atomic E-state index is 0.274. The fourth-order valence-corrected chi connectivity index (χ4v) is 1.98. The van der Waals surface area contributed by atoms with E-state index in [2.05, 4.69) is 0 Å². The quantitative estimate of drug-likeness (QED) is 0.827. The summed E-state index contributed by atoms with van der Waals surface area (Å²) in [6, 6.07) is 8.97. The normalized spacial score (nSPS) is 25.8. The van der Waals surface area contributed by atoms with Crippen LogP contribution in [0.1, 0.15) is 22.3 Å². The second-order valence-electron chi connectivity index (χ2n) is 4.52. The molecule has 0 unspecified atom stereocenters. The van der Waals surface area contributed by atoms with Gasteiger partial charge in [0.2, 0.25) is 0 Å². The predicted molar refractivity (Wildman–Crippen MR) is 66.4 cm³/mol. The Morgan fingerprint density at radius 1 is 1.53 bits per heavy atom. The second-order valence-corrected chi connectivity index (χ2v) is 4.52. The molecular weight excluding hydrogens is 246 g/mol. The first-order chi connectivity index (χ1) is 9.13. The predicted octanol–water partition coefficient (Wildman–Crippen LogP) is 1.19. The van der Waals surface area contributed by atoms with Crippen molar-refractivity contribution in [1.29, 1.82) is 5.26 Å². The number of nitrogens with zero attached hydrogens (tertiary/aromatic N) is 1. The number of ether oxygens (including phenoxy) is 2. The van der Waals surface area contributed by atoms with E-state index in [1.54, 1.807) is 12.1 Å². The molecule has 0 saturated carbocycles. The van der Waals surface area contributed by atoms with Crippen LogP contribution >= 0.6 is 0 Å². The Morgan fingerprint density at radius 3 is 2.79 bits per heavy atom. The lowest BCUT2D eigenvalue weighted by Gasteiger charge is -2.16. The first kappa shape index (κ1) is 13.5. The summed E-state index contributed by atoms with van der Waals surface area (Å²) in [5.41, 5.74) is 1.50. The molecule has 0 amide bonds. The smallest absolute Gasteiger partial charge is 0.338 e. The van der Waals surface area contributed by atoms with Crippen LogP contribution in [0.15, 0.2) is 24.3 Å². The minimum Gasteiger partial charge on any atom is -0.456 e. The summed E-state index contributed by atoms with van der Waals surface area (Å²) < 4.78 is 10.5. The van der Waals surface area contributed by atoms with Gasteiger partial charge in [0.15, 0.2) is 0 Å². The van der Waals surface area contributed by atoms with Crippen LogP contribution in [0.4, 0.5) is 0 Å². The van der Waals surface area contributed by atoms with E-state index in [1.807, 2.05) is 25.1 Å². The van der Waals surface area contributed by atoms with Crippen LogP contribution in [0.25, 0.3) is 0 Å². The highest BCUT2D eigenvalue weighted by molar-refractivity contribution is 5.89. The summed E-state index contributed by atoms with van der Waals surface area (Å²) in [4.78, 5) is 11.9. The summed E-state index contributed by atoms with van der Waals surface area (Å²) in [6.45, 7) is 1.66. The topological polar surface area (TPSA) is 79.6 Å². The lowest BCUT2D eigenvalue weighted by Crippen LogP contribution is -2.30. The molecule has 1 N–H and O–H groups in total. The Bertz CT molecular complexity index is 491. The molecule has 1 aromatic carbocycles. The number of aliphatic hydroxyl groups excluding tert-OH is 1. The molecule has 0 spiro atoms. The third-order valence-electron chi connectivity index (χ3n) is 3.07. The van der Waals surface area contributed by atoms with Crippen LogP contribution in [0.5, 0.6) is 0 Å². The molecule has 0 radical (unpaired) electrons. The van der Waals surface area contributed by atoms with Crippen molar-refractivity contribution in [3.05, 3.63) is 35.4 Å². The zero-order valence-corrected chi connectivity index (χ0v) is 10.6.